The number of nitro benzene ring substituents is 1. The van der Waals surface area contributed by atoms with Crippen molar-refractivity contribution in [3.05, 3.63) is 33.9 Å². The highest BCUT2D eigenvalue weighted by molar-refractivity contribution is 6.02. The van der Waals surface area contributed by atoms with Crippen LogP contribution in [0.15, 0.2) is 18.2 Å². The molecule has 21 heavy (non-hydrogen) atoms. The number of rotatable bonds is 6. The van der Waals surface area contributed by atoms with Crippen molar-refractivity contribution in [2.45, 2.75) is 26.3 Å². The number of aliphatic carboxylic acids is 1. The molecule has 1 aromatic carbocycles. The number of carboxylic acids is 1. The zero-order valence-corrected chi connectivity index (χ0v) is 11.7. The van der Waals surface area contributed by atoms with Crippen molar-refractivity contribution in [2.75, 3.05) is 5.73 Å². The molecule has 0 radical (unpaired) electrons. The lowest BCUT2D eigenvalue weighted by Gasteiger charge is -2.20. The number of para-hydroxylation sites is 1. The largest absolute Gasteiger partial charge is 0.480 e. The summed E-state index contributed by atoms with van der Waals surface area (Å²) in [6.07, 6.45) is 0.557. The molecule has 0 saturated heterocycles. The van der Waals surface area contributed by atoms with Gasteiger partial charge in [-0.25, -0.2) is 4.79 Å². The van der Waals surface area contributed by atoms with E-state index in [4.69, 9.17) is 10.8 Å². The molecule has 4 N–H and O–H groups in total. The first kappa shape index (κ1) is 16.4. The number of anilines is 1. The lowest BCUT2D eigenvalue weighted by molar-refractivity contribution is -0.383. The molecule has 1 rings (SSSR count). The number of hydrogen-bond acceptors (Lipinski definition) is 5. The Balaban J connectivity index is 3.06. The van der Waals surface area contributed by atoms with E-state index in [1.165, 1.54) is 18.2 Å². The number of nitrogens with zero attached hydrogens (tertiary/aromatic N) is 1. The van der Waals surface area contributed by atoms with Gasteiger partial charge in [0.1, 0.15) is 11.7 Å². The summed E-state index contributed by atoms with van der Waals surface area (Å²) < 4.78 is 0. The van der Waals surface area contributed by atoms with E-state index in [-0.39, 0.29) is 17.2 Å². The maximum atomic E-state index is 12.1. The number of carbonyl (C=O) groups excluding carboxylic acids is 1. The van der Waals surface area contributed by atoms with E-state index in [0.29, 0.717) is 6.42 Å². The molecule has 114 valence electrons. The quantitative estimate of drug-likeness (QED) is 0.412. The van der Waals surface area contributed by atoms with Crippen LogP contribution in [0.1, 0.15) is 30.6 Å². The van der Waals surface area contributed by atoms with Crippen LogP contribution in [0.2, 0.25) is 0 Å². The van der Waals surface area contributed by atoms with Crippen molar-refractivity contribution >= 4 is 23.3 Å². The van der Waals surface area contributed by atoms with Crippen LogP contribution in [0.5, 0.6) is 0 Å². The molecule has 0 aliphatic heterocycles. The Kier molecular flexibility index (Phi) is 5.23. The van der Waals surface area contributed by atoms with Gasteiger partial charge in [0.15, 0.2) is 0 Å². The average Bonchev–Trinajstić information content (AvgIpc) is 2.43. The summed E-state index contributed by atoms with van der Waals surface area (Å²) in [5, 5.41) is 22.3. The third-order valence-electron chi connectivity index (χ3n) is 3.29. The Labute approximate surface area is 121 Å². The molecule has 0 unspecified atom stereocenters. The second-order valence-corrected chi connectivity index (χ2v) is 4.67. The number of amides is 1. The molecule has 0 fully saturated rings. The minimum atomic E-state index is -1.17. The van der Waals surface area contributed by atoms with Gasteiger partial charge in [-0.3, -0.25) is 14.9 Å². The highest BCUT2D eigenvalue weighted by Crippen LogP contribution is 2.25. The highest BCUT2D eigenvalue weighted by atomic mass is 16.6. The molecule has 1 amide bonds. The van der Waals surface area contributed by atoms with E-state index < -0.39 is 28.5 Å². The number of nitrogen functional groups attached to an aromatic ring is 1. The Morgan fingerprint density at radius 2 is 2.10 bits per heavy atom. The smallest absolute Gasteiger partial charge is 0.326 e. The minimum absolute atomic E-state index is 0.112. The van der Waals surface area contributed by atoms with Crippen LogP contribution in [-0.4, -0.2) is 27.9 Å². The lowest BCUT2D eigenvalue weighted by atomic mass is 9.98. The molecule has 0 aliphatic rings. The Bertz CT molecular complexity index is 573. The van der Waals surface area contributed by atoms with Gasteiger partial charge >= 0.3 is 5.97 Å². The van der Waals surface area contributed by atoms with Crippen LogP contribution in [0.4, 0.5) is 11.4 Å². The first-order valence-electron chi connectivity index (χ1n) is 6.36. The summed E-state index contributed by atoms with van der Waals surface area (Å²) in [4.78, 5) is 33.4. The zero-order valence-electron chi connectivity index (χ0n) is 11.7. The van der Waals surface area contributed by atoms with Crippen molar-refractivity contribution < 1.29 is 19.6 Å². The molecular weight excluding hydrogens is 278 g/mol. The number of carboxylic acid groups (broad SMARTS) is 1. The maximum absolute atomic E-state index is 12.1. The molecule has 0 aliphatic carbocycles. The van der Waals surface area contributed by atoms with Crippen molar-refractivity contribution in [2.24, 2.45) is 5.92 Å². The van der Waals surface area contributed by atoms with Gasteiger partial charge in [0, 0.05) is 6.07 Å². The molecule has 0 saturated carbocycles. The molecule has 1 aromatic rings. The van der Waals surface area contributed by atoms with Crippen LogP contribution in [0.25, 0.3) is 0 Å². The van der Waals surface area contributed by atoms with Gasteiger partial charge in [-0.2, -0.15) is 0 Å². The van der Waals surface area contributed by atoms with Gasteiger partial charge in [0.2, 0.25) is 0 Å². The van der Waals surface area contributed by atoms with E-state index in [9.17, 15) is 19.7 Å². The Hall–Kier alpha value is -2.64. The molecule has 0 heterocycles. The van der Waals surface area contributed by atoms with Crippen LogP contribution in [-0.2, 0) is 4.79 Å². The Morgan fingerprint density at radius 3 is 2.57 bits per heavy atom. The first-order chi connectivity index (χ1) is 9.79. The predicted molar refractivity (Wildman–Crippen MR) is 75.9 cm³/mol. The van der Waals surface area contributed by atoms with Crippen LogP contribution in [0, 0.1) is 16.0 Å². The van der Waals surface area contributed by atoms with Crippen molar-refractivity contribution in [1.82, 2.24) is 5.32 Å². The van der Waals surface area contributed by atoms with Crippen molar-refractivity contribution in [3.63, 3.8) is 0 Å². The summed E-state index contributed by atoms with van der Waals surface area (Å²) in [6.45, 7) is 3.49. The third kappa shape index (κ3) is 3.68. The van der Waals surface area contributed by atoms with Crippen LogP contribution < -0.4 is 11.1 Å². The molecule has 0 bridgehead atoms. The number of benzene rings is 1. The molecule has 0 aromatic heterocycles. The second kappa shape index (κ2) is 6.69. The number of carbonyl (C=O) groups is 2. The summed E-state index contributed by atoms with van der Waals surface area (Å²) in [5.41, 5.74) is 4.81. The van der Waals surface area contributed by atoms with Gasteiger partial charge in [-0.15, -0.1) is 0 Å². The molecule has 2 atom stereocenters. The summed E-state index contributed by atoms with van der Waals surface area (Å²) >= 11 is 0. The SMILES string of the molecule is CC[C@H](C)[C@H](NC(=O)c1cccc([N+](=O)[O-])c1N)C(=O)O. The predicted octanol–water partition coefficient (Wildman–Crippen LogP) is 1.41. The second-order valence-electron chi connectivity index (χ2n) is 4.67. The van der Waals surface area contributed by atoms with Gasteiger partial charge in [0.05, 0.1) is 10.5 Å². The average molecular weight is 295 g/mol. The van der Waals surface area contributed by atoms with Gasteiger partial charge in [0.25, 0.3) is 11.6 Å². The first-order valence-corrected chi connectivity index (χ1v) is 6.36. The number of nitrogens with two attached hydrogens (primary N) is 1. The minimum Gasteiger partial charge on any atom is -0.480 e. The Morgan fingerprint density at radius 1 is 1.48 bits per heavy atom. The van der Waals surface area contributed by atoms with E-state index in [0.717, 1.165) is 0 Å². The van der Waals surface area contributed by atoms with E-state index >= 15 is 0 Å². The standard InChI is InChI=1S/C13H17N3O5/c1-3-7(2)11(13(18)19)15-12(17)8-5-4-6-9(10(8)14)16(20)21/h4-7,11H,3,14H2,1-2H3,(H,15,17)(H,18,19)/t7-,11-/m0/s1. The molecule has 0 spiro atoms. The summed E-state index contributed by atoms with van der Waals surface area (Å²) in [6, 6.07) is 2.73. The third-order valence-corrected chi connectivity index (χ3v) is 3.29. The van der Waals surface area contributed by atoms with Crippen LogP contribution in [0.3, 0.4) is 0 Å². The normalized spacial score (nSPS) is 13.2. The summed E-state index contributed by atoms with van der Waals surface area (Å²) in [7, 11) is 0. The zero-order chi connectivity index (χ0) is 16.2. The summed E-state index contributed by atoms with van der Waals surface area (Å²) in [5.74, 6) is -2.20. The molecule has 8 nitrogen and oxygen atoms in total. The lowest BCUT2D eigenvalue weighted by Crippen LogP contribution is -2.45. The van der Waals surface area contributed by atoms with E-state index in [1.54, 1.807) is 13.8 Å². The fourth-order valence-electron chi connectivity index (χ4n) is 1.81. The number of hydrogen-bond donors (Lipinski definition) is 3. The molecule has 8 heteroatoms. The van der Waals surface area contributed by atoms with E-state index in [1.807, 2.05) is 0 Å². The fourth-order valence-corrected chi connectivity index (χ4v) is 1.81. The van der Waals surface area contributed by atoms with Gasteiger partial charge in [-0.1, -0.05) is 26.3 Å². The monoisotopic (exact) mass is 295 g/mol. The highest BCUT2D eigenvalue weighted by Gasteiger charge is 2.27. The molecular formula is C13H17N3O5. The van der Waals surface area contributed by atoms with Gasteiger partial charge in [-0.05, 0) is 12.0 Å². The van der Waals surface area contributed by atoms with Crippen molar-refractivity contribution in [1.29, 1.82) is 0 Å². The van der Waals surface area contributed by atoms with Crippen LogP contribution >= 0.6 is 0 Å². The fraction of sp³-hybridized carbons (Fsp3) is 0.385. The topological polar surface area (TPSA) is 136 Å². The van der Waals surface area contributed by atoms with E-state index in [2.05, 4.69) is 5.32 Å². The van der Waals surface area contributed by atoms with Crippen molar-refractivity contribution in [3.8, 4) is 0 Å². The van der Waals surface area contributed by atoms with Gasteiger partial charge < -0.3 is 16.2 Å². The number of nitro groups is 1. The maximum Gasteiger partial charge on any atom is 0.326 e. The number of nitrogens with one attached hydrogen (secondary N) is 1.